The number of carbonyl (C=O) groups is 1. The minimum absolute atomic E-state index is 0.0717. The van der Waals surface area contributed by atoms with Crippen LogP contribution in [0.15, 0.2) is 71.5 Å². The van der Waals surface area contributed by atoms with Crippen LogP contribution in [0.2, 0.25) is 0 Å². The van der Waals surface area contributed by atoms with Gasteiger partial charge in [-0.1, -0.05) is 30.3 Å². The summed E-state index contributed by atoms with van der Waals surface area (Å²) in [5.74, 6) is -0.668. The minimum atomic E-state index is -0.319. The van der Waals surface area contributed by atoms with Crippen LogP contribution in [0, 0.1) is 5.82 Å². The second-order valence-electron chi connectivity index (χ2n) is 8.14. The van der Waals surface area contributed by atoms with Crippen molar-refractivity contribution in [1.29, 1.82) is 0 Å². The number of H-pyrrole nitrogens is 1. The van der Waals surface area contributed by atoms with E-state index in [4.69, 9.17) is 0 Å². The zero-order valence-corrected chi connectivity index (χ0v) is 17.6. The molecule has 0 saturated heterocycles. The van der Waals surface area contributed by atoms with Gasteiger partial charge in [-0.25, -0.2) is 9.49 Å². The van der Waals surface area contributed by atoms with Crippen LogP contribution in [0.5, 0.6) is 0 Å². The Balaban J connectivity index is 1.68. The van der Waals surface area contributed by atoms with Gasteiger partial charge in [-0.3, -0.25) is 9.59 Å². The highest BCUT2D eigenvalue weighted by Gasteiger charge is 2.34. The molecule has 0 aliphatic carbocycles. The van der Waals surface area contributed by atoms with E-state index >= 15 is 0 Å². The summed E-state index contributed by atoms with van der Waals surface area (Å²) in [7, 11) is 3.43. The first-order chi connectivity index (χ1) is 15.4. The van der Waals surface area contributed by atoms with E-state index in [1.807, 2.05) is 24.3 Å². The maximum atomic E-state index is 13.7. The average Bonchev–Trinajstić information content (AvgIpc) is 2.81. The summed E-state index contributed by atoms with van der Waals surface area (Å²) in [5, 5.41) is 11.9. The van der Waals surface area contributed by atoms with Gasteiger partial charge in [0.2, 0.25) is 0 Å². The smallest absolute Gasteiger partial charge is 0.272 e. The topological polar surface area (TPSA) is 78.1 Å². The normalized spacial score (nSPS) is 17.1. The maximum absolute atomic E-state index is 13.7. The highest BCUT2D eigenvalue weighted by Crippen LogP contribution is 2.46. The molecule has 160 valence electrons. The first kappa shape index (κ1) is 19.9. The predicted octanol–water partition coefficient (Wildman–Crippen LogP) is 4.06. The molecular weight excluding hydrogens is 407 g/mol. The summed E-state index contributed by atoms with van der Waals surface area (Å²) in [6.07, 6.45) is 0. The average molecular weight is 428 g/mol. The summed E-state index contributed by atoms with van der Waals surface area (Å²) in [4.78, 5) is 26.2. The van der Waals surface area contributed by atoms with E-state index < -0.39 is 0 Å². The number of amides is 1. The van der Waals surface area contributed by atoms with Crippen molar-refractivity contribution >= 4 is 22.4 Å². The van der Waals surface area contributed by atoms with Gasteiger partial charge in [-0.05, 0) is 47.5 Å². The molecular formula is C25H21FN4O2. The molecule has 4 aromatic rings. The number of aromatic nitrogens is 2. The van der Waals surface area contributed by atoms with Gasteiger partial charge in [0.05, 0.1) is 23.0 Å². The van der Waals surface area contributed by atoms with E-state index in [1.165, 1.54) is 17.0 Å². The summed E-state index contributed by atoms with van der Waals surface area (Å²) in [5.41, 5.74) is 3.69. The van der Waals surface area contributed by atoms with Crippen LogP contribution >= 0.6 is 0 Å². The zero-order valence-electron chi connectivity index (χ0n) is 17.6. The van der Waals surface area contributed by atoms with Crippen molar-refractivity contribution in [3.63, 3.8) is 0 Å². The van der Waals surface area contributed by atoms with Gasteiger partial charge in [-0.2, -0.15) is 5.10 Å². The molecule has 1 aliphatic rings. The second kappa shape index (κ2) is 7.60. The molecule has 5 rings (SSSR count). The number of hydrogen-bond donors (Lipinski definition) is 2. The molecule has 0 fully saturated rings. The molecule has 1 aromatic heterocycles. The Morgan fingerprint density at radius 2 is 1.66 bits per heavy atom. The molecule has 6 nitrogen and oxygen atoms in total. The Morgan fingerprint density at radius 3 is 2.34 bits per heavy atom. The number of anilines is 1. The molecule has 0 radical (unpaired) electrons. The Labute approximate surface area is 183 Å². The van der Waals surface area contributed by atoms with Crippen LogP contribution in [0.25, 0.3) is 10.8 Å². The van der Waals surface area contributed by atoms with Gasteiger partial charge in [-0.15, -0.1) is 0 Å². The fourth-order valence-corrected chi connectivity index (χ4v) is 4.39. The fraction of sp³-hybridized carbons (Fsp3) is 0.160. The summed E-state index contributed by atoms with van der Waals surface area (Å²) in [6.45, 7) is 0. The summed E-state index contributed by atoms with van der Waals surface area (Å²) < 4.78 is 13.7. The van der Waals surface area contributed by atoms with Crippen molar-refractivity contribution in [3.8, 4) is 0 Å². The molecule has 32 heavy (non-hydrogen) atoms. The third-order valence-electron chi connectivity index (χ3n) is 5.93. The Hall–Kier alpha value is -4.00. The third-order valence-corrected chi connectivity index (χ3v) is 5.93. The zero-order chi connectivity index (χ0) is 22.4. The molecule has 0 bridgehead atoms. The molecule has 2 heterocycles. The standard InChI is InChI=1S/C25H21FN4O2/c1-30(2)25(32)16-8-6-15(7-9-16)22-20(14-10-12-17(26)13-11-14)23-21-18(24(31)29-28-23)4-3-5-19(21)27-22/h3-13,20,22,27H,1-2H3,(H,29,31). The number of nitrogens with zero attached hydrogens (tertiary/aromatic N) is 2. The van der Waals surface area contributed by atoms with Crippen molar-refractivity contribution in [2.24, 2.45) is 0 Å². The number of carbonyl (C=O) groups excluding carboxylic acids is 1. The minimum Gasteiger partial charge on any atom is -0.377 e. The molecule has 2 atom stereocenters. The highest BCUT2D eigenvalue weighted by atomic mass is 19.1. The van der Waals surface area contributed by atoms with Gasteiger partial charge in [0, 0.05) is 30.7 Å². The maximum Gasteiger partial charge on any atom is 0.272 e. The van der Waals surface area contributed by atoms with Crippen molar-refractivity contribution in [1.82, 2.24) is 15.1 Å². The van der Waals surface area contributed by atoms with Crippen LogP contribution in [0.3, 0.4) is 0 Å². The van der Waals surface area contributed by atoms with Gasteiger partial charge < -0.3 is 10.2 Å². The lowest BCUT2D eigenvalue weighted by atomic mass is 9.80. The molecule has 1 aliphatic heterocycles. The molecule has 2 unspecified atom stereocenters. The lowest BCUT2D eigenvalue weighted by Crippen LogP contribution is -2.28. The molecule has 2 N–H and O–H groups in total. The highest BCUT2D eigenvalue weighted by molar-refractivity contribution is 5.97. The van der Waals surface area contributed by atoms with Crippen LogP contribution < -0.4 is 10.9 Å². The predicted molar refractivity (Wildman–Crippen MR) is 121 cm³/mol. The fourth-order valence-electron chi connectivity index (χ4n) is 4.39. The van der Waals surface area contributed by atoms with Crippen molar-refractivity contribution in [2.45, 2.75) is 12.0 Å². The van der Waals surface area contributed by atoms with Crippen LogP contribution in [-0.2, 0) is 0 Å². The van der Waals surface area contributed by atoms with Gasteiger partial charge in [0.1, 0.15) is 5.82 Å². The van der Waals surface area contributed by atoms with Gasteiger partial charge in [0.15, 0.2) is 0 Å². The van der Waals surface area contributed by atoms with E-state index in [0.29, 0.717) is 10.9 Å². The number of nitrogens with one attached hydrogen (secondary N) is 2. The number of hydrogen-bond acceptors (Lipinski definition) is 4. The first-order valence-corrected chi connectivity index (χ1v) is 10.3. The number of benzene rings is 3. The summed E-state index contributed by atoms with van der Waals surface area (Å²) >= 11 is 0. The first-order valence-electron chi connectivity index (χ1n) is 10.3. The molecule has 1 amide bonds. The van der Waals surface area contributed by atoms with Crippen molar-refractivity contribution < 1.29 is 9.18 Å². The largest absolute Gasteiger partial charge is 0.377 e. The quantitative estimate of drug-likeness (QED) is 0.516. The molecule has 0 spiro atoms. The molecule has 0 saturated carbocycles. The molecule has 3 aromatic carbocycles. The Kier molecular flexibility index (Phi) is 4.74. The van der Waals surface area contributed by atoms with Crippen molar-refractivity contribution in [3.05, 3.63) is 105 Å². The number of aromatic amines is 1. The van der Waals surface area contributed by atoms with Crippen molar-refractivity contribution in [2.75, 3.05) is 19.4 Å². The second-order valence-corrected chi connectivity index (χ2v) is 8.14. The van der Waals surface area contributed by atoms with Crippen LogP contribution in [0.4, 0.5) is 10.1 Å². The van der Waals surface area contributed by atoms with Crippen LogP contribution in [-0.4, -0.2) is 35.1 Å². The number of rotatable bonds is 3. The van der Waals surface area contributed by atoms with E-state index in [9.17, 15) is 14.0 Å². The van der Waals surface area contributed by atoms with E-state index in [1.54, 1.807) is 44.4 Å². The Bertz CT molecular complexity index is 1380. The van der Waals surface area contributed by atoms with E-state index in [2.05, 4.69) is 15.5 Å². The number of halogens is 1. The SMILES string of the molecule is CN(C)C(=O)c1ccc(C2Nc3cccc4c(=O)[nH]nc(c34)C2c2ccc(F)cc2)cc1. The lowest BCUT2D eigenvalue weighted by molar-refractivity contribution is 0.0827. The monoisotopic (exact) mass is 428 g/mol. The summed E-state index contributed by atoms with van der Waals surface area (Å²) in [6, 6.07) is 19.1. The van der Waals surface area contributed by atoms with Crippen LogP contribution in [0.1, 0.15) is 39.1 Å². The third kappa shape index (κ3) is 3.22. The van der Waals surface area contributed by atoms with E-state index in [-0.39, 0.29) is 29.2 Å². The van der Waals surface area contributed by atoms with Gasteiger partial charge >= 0.3 is 0 Å². The van der Waals surface area contributed by atoms with E-state index in [0.717, 1.165) is 27.9 Å². The lowest BCUT2D eigenvalue weighted by Gasteiger charge is -2.34. The molecule has 7 heteroatoms. The van der Waals surface area contributed by atoms with Gasteiger partial charge in [0.25, 0.3) is 11.5 Å². The Morgan fingerprint density at radius 1 is 0.969 bits per heavy atom.